The van der Waals surface area contributed by atoms with Crippen molar-refractivity contribution in [2.45, 2.75) is 13.0 Å². The highest BCUT2D eigenvalue weighted by Crippen LogP contribution is 2.30. The normalized spacial score (nSPS) is 12.5. The summed E-state index contributed by atoms with van der Waals surface area (Å²) in [5.74, 6) is 0.566. The minimum absolute atomic E-state index is 0.0157. The maximum absolute atomic E-state index is 12.9. The van der Waals surface area contributed by atoms with Crippen molar-refractivity contribution >= 4 is 31.5 Å². The molecule has 0 saturated carbocycles. The Bertz CT molecular complexity index is 1120. The van der Waals surface area contributed by atoms with Crippen LogP contribution in [0.15, 0.2) is 59.7 Å². The molecule has 2 heterocycles. The lowest BCUT2D eigenvalue weighted by molar-refractivity contribution is 0.249. The lowest BCUT2D eigenvalue weighted by Crippen LogP contribution is -2.14. The first-order valence-corrected chi connectivity index (χ1v) is 8.76. The van der Waals surface area contributed by atoms with E-state index >= 15 is 0 Å². The zero-order valence-electron chi connectivity index (χ0n) is 13.5. The summed E-state index contributed by atoms with van der Waals surface area (Å²) < 4.78 is 9.43. The van der Waals surface area contributed by atoms with Crippen LogP contribution in [0.2, 0.25) is 0 Å². The Hall–Kier alpha value is -2.86. The van der Waals surface area contributed by atoms with Crippen molar-refractivity contribution in [3.8, 4) is 11.8 Å². The zero-order valence-corrected chi connectivity index (χ0v) is 14.4. The average Bonchev–Trinajstić information content (AvgIpc) is 3.06. The Morgan fingerprint density at radius 2 is 2.00 bits per heavy atom. The number of rotatable bonds is 4. The minimum Gasteiger partial charge on any atom is -0.491 e. The van der Waals surface area contributed by atoms with Crippen LogP contribution in [0.25, 0.3) is 20.2 Å². The number of hydrogen-bond donors (Lipinski definition) is 1. The topological polar surface area (TPSA) is 64.4 Å². The van der Waals surface area contributed by atoms with E-state index in [4.69, 9.17) is 4.74 Å². The standard InChI is InChI=1S/C19H16N2O3S/c1-12(21-10-9-20-19(21)23)11-24-14-6-4-8-16-17(14)18(22)13-5-2-3-7-15(13)25-16/h2-10,12H,11H2,1H3,(H,20,23). The van der Waals surface area contributed by atoms with E-state index in [1.165, 1.54) is 6.20 Å². The van der Waals surface area contributed by atoms with Crippen LogP contribution in [0.4, 0.5) is 0 Å². The van der Waals surface area contributed by atoms with Gasteiger partial charge >= 0.3 is 0 Å². The first-order valence-electron chi connectivity index (χ1n) is 7.94. The molecule has 0 fully saturated rings. The molecule has 0 amide bonds. The van der Waals surface area contributed by atoms with Crippen LogP contribution in [0.3, 0.4) is 0 Å². The van der Waals surface area contributed by atoms with Crippen molar-refractivity contribution < 1.29 is 9.84 Å². The van der Waals surface area contributed by atoms with Gasteiger partial charge in [-0.25, -0.2) is 4.98 Å². The molecule has 0 bridgehead atoms. The zero-order chi connectivity index (χ0) is 17.4. The summed E-state index contributed by atoms with van der Waals surface area (Å²) in [6.45, 7) is 2.24. The van der Waals surface area contributed by atoms with Crippen LogP contribution in [0, 0.1) is 0 Å². The third-order valence-corrected chi connectivity index (χ3v) is 5.31. The fraction of sp³-hybridized carbons (Fsp3) is 0.158. The van der Waals surface area contributed by atoms with Gasteiger partial charge in [0.1, 0.15) is 12.4 Å². The molecule has 1 unspecified atom stereocenters. The van der Waals surface area contributed by atoms with Crippen LogP contribution in [0.1, 0.15) is 13.0 Å². The molecule has 126 valence electrons. The first-order chi connectivity index (χ1) is 12.1. The van der Waals surface area contributed by atoms with Gasteiger partial charge in [0.05, 0.1) is 11.4 Å². The molecule has 6 heteroatoms. The van der Waals surface area contributed by atoms with Gasteiger partial charge in [0.25, 0.3) is 6.01 Å². The summed E-state index contributed by atoms with van der Waals surface area (Å²) in [5, 5.41) is 11.0. The smallest absolute Gasteiger partial charge is 0.294 e. The summed E-state index contributed by atoms with van der Waals surface area (Å²) in [5.41, 5.74) is -0.0157. The number of fused-ring (bicyclic) bond motifs is 2. The molecule has 5 nitrogen and oxygen atoms in total. The number of nitrogens with zero attached hydrogens (tertiary/aromatic N) is 2. The van der Waals surface area contributed by atoms with E-state index in [2.05, 4.69) is 4.98 Å². The van der Waals surface area contributed by atoms with Gasteiger partial charge in [-0.2, -0.15) is 0 Å². The Morgan fingerprint density at radius 1 is 1.20 bits per heavy atom. The van der Waals surface area contributed by atoms with Gasteiger partial charge in [-0.15, -0.1) is 11.3 Å². The molecule has 0 aliphatic rings. The second-order valence-corrected chi connectivity index (χ2v) is 6.93. The predicted octanol–water partition coefficient (Wildman–Crippen LogP) is 3.96. The molecular weight excluding hydrogens is 336 g/mol. The monoisotopic (exact) mass is 352 g/mol. The number of aromatic hydroxyl groups is 1. The van der Waals surface area contributed by atoms with Gasteiger partial charge in [-0.1, -0.05) is 18.2 Å². The average molecular weight is 352 g/mol. The second-order valence-electron chi connectivity index (χ2n) is 5.85. The van der Waals surface area contributed by atoms with E-state index in [1.54, 1.807) is 22.1 Å². The molecular formula is C19H16N2O3S. The Morgan fingerprint density at radius 3 is 2.80 bits per heavy atom. The third-order valence-electron chi connectivity index (χ3n) is 4.17. The summed E-state index contributed by atoms with van der Waals surface area (Å²) in [7, 11) is 0. The van der Waals surface area contributed by atoms with Crippen molar-refractivity contribution in [1.82, 2.24) is 9.55 Å². The highest BCUT2D eigenvalue weighted by molar-refractivity contribution is 7.24. The summed E-state index contributed by atoms with van der Waals surface area (Å²) >= 11 is 1.58. The highest BCUT2D eigenvalue weighted by atomic mass is 32.1. The number of ether oxygens (including phenoxy) is 1. The lowest BCUT2D eigenvalue weighted by atomic mass is 10.1. The Labute approximate surface area is 147 Å². The van der Waals surface area contributed by atoms with Crippen LogP contribution in [-0.2, 0) is 0 Å². The molecule has 25 heavy (non-hydrogen) atoms. The highest BCUT2D eigenvalue weighted by Gasteiger charge is 2.14. The van der Waals surface area contributed by atoms with Gasteiger partial charge in [-0.3, -0.25) is 9.36 Å². The molecule has 2 aromatic heterocycles. The van der Waals surface area contributed by atoms with Gasteiger partial charge < -0.3 is 9.84 Å². The number of aromatic nitrogens is 2. The van der Waals surface area contributed by atoms with E-state index in [0.717, 1.165) is 9.40 Å². The number of hydrogen-bond acceptors (Lipinski definition) is 5. The maximum atomic E-state index is 12.9. The first kappa shape index (κ1) is 15.7. The van der Waals surface area contributed by atoms with Crippen LogP contribution in [-0.4, -0.2) is 21.3 Å². The van der Waals surface area contributed by atoms with Crippen molar-refractivity contribution in [2.75, 3.05) is 6.61 Å². The number of imidazole rings is 1. The number of benzene rings is 2. The van der Waals surface area contributed by atoms with Crippen molar-refractivity contribution in [3.05, 3.63) is 65.1 Å². The molecule has 0 spiro atoms. The van der Waals surface area contributed by atoms with E-state index in [1.807, 2.05) is 49.4 Å². The molecule has 0 aliphatic heterocycles. The summed E-state index contributed by atoms with van der Waals surface area (Å²) in [6, 6.07) is 13.1. The van der Waals surface area contributed by atoms with Gasteiger partial charge in [0.2, 0.25) is 0 Å². The van der Waals surface area contributed by atoms with Gasteiger partial charge in [0.15, 0.2) is 5.43 Å². The van der Waals surface area contributed by atoms with E-state index in [-0.39, 0.29) is 17.5 Å². The van der Waals surface area contributed by atoms with E-state index in [9.17, 15) is 9.90 Å². The van der Waals surface area contributed by atoms with Crippen molar-refractivity contribution in [2.24, 2.45) is 0 Å². The van der Waals surface area contributed by atoms with Crippen LogP contribution in [0.5, 0.6) is 11.8 Å². The fourth-order valence-corrected chi connectivity index (χ4v) is 3.97. The lowest BCUT2D eigenvalue weighted by Gasteiger charge is -2.16. The molecule has 1 atom stereocenters. The summed E-state index contributed by atoms with van der Waals surface area (Å²) in [6.07, 6.45) is 3.23. The third kappa shape index (κ3) is 2.74. The van der Waals surface area contributed by atoms with Crippen molar-refractivity contribution in [3.63, 3.8) is 0 Å². The molecule has 0 saturated heterocycles. The molecule has 4 rings (SSSR count). The van der Waals surface area contributed by atoms with Gasteiger partial charge in [-0.05, 0) is 31.2 Å². The van der Waals surface area contributed by atoms with E-state index in [0.29, 0.717) is 23.1 Å². The predicted molar refractivity (Wildman–Crippen MR) is 99.7 cm³/mol. The van der Waals surface area contributed by atoms with E-state index < -0.39 is 0 Å². The summed E-state index contributed by atoms with van der Waals surface area (Å²) in [4.78, 5) is 16.7. The molecule has 0 aliphatic carbocycles. The largest absolute Gasteiger partial charge is 0.491 e. The van der Waals surface area contributed by atoms with Gasteiger partial charge in [0, 0.05) is 27.2 Å². The van der Waals surface area contributed by atoms with Crippen LogP contribution < -0.4 is 10.2 Å². The molecule has 2 aromatic carbocycles. The molecule has 1 N–H and O–H groups in total. The Balaban J connectivity index is 1.74. The fourth-order valence-electron chi connectivity index (χ4n) is 2.88. The minimum atomic E-state index is -0.114. The SMILES string of the molecule is CC(COc1cccc2sc3ccccc3c(=O)c12)n1ccnc1O. The maximum Gasteiger partial charge on any atom is 0.294 e. The van der Waals surface area contributed by atoms with Crippen molar-refractivity contribution in [1.29, 1.82) is 0 Å². The molecule has 4 aromatic rings. The molecule has 0 radical (unpaired) electrons. The Kier molecular flexibility index (Phi) is 3.89. The van der Waals surface area contributed by atoms with Crippen LogP contribution >= 0.6 is 11.3 Å². The second kappa shape index (κ2) is 6.22. The quantitative estimate of drug-likeness (QED) is 0.565.